The Kier molecular flexibility index (Phi) is 4.99. The molecule has 2 N–H and O–H groups in total. The second-order valence-corrected chi connectivity index (χ2v) is 6.64. The minimum Gasteiger partial charge on any atom is -0.388 e. The molecule has 106 valence electrons. The number of nitrogens with one attached hydrogen (secondary N) is 1. The van der Waals surface area contributed by atoms with Crippen LogP contribution in [0.15, 0.2) is 17.5 Å². The lowest BCUT2D eigenvalue weighted by atomic mass is 9.78. The van der Waals surface area contributed by atoms with Gasteiger partial charge in [-0.1, -0.05) is 19.4 Å². The van der Waals surface area contributed by atoms with Gasteiger partial charge < -0.3 is 10.4 Å². The Morgan fingerprint density at radius 1 is 1.53 bits per heavy atom. The van der Waals surface area contributed by atoms with Crippen molar-refractivity contribution in [3.63, 3.8) is 0 Å². The smallest absolute Gasteiger partial charge is 0.225 e. The maximum absolute atomic E-state index is 11.8. The van der Waals surface area contributed by atoms with E-state index in [1.807, 2.05) is 17.5 Å². The summed E-state index contributed by atoms with van der Waals surface area (Å²) in [6.45, 7) is 2.60. The second kappa shape index (κ2) is 6.53. The molecule has 0 radical (unpaired) electrons. The van der Waals surface area contributed by atoms with Crippen LogP contribution >= 0.6 is 11.3 Å². The number of rotatable bonds is 5. The summed E-state index contributed by atoms with van der Waals surface area (Å²) in [5.74, 6) is 0.760. The molecular weight excluding hydrogens is 258 g/mol. The van der Waals surface area contributed by atoms with Crippen LogP contribution in [0.25, 0.3) is 0 Å². The number of amides is 1. The van der Waals surface area contributed by atoms with Crippen molar-refractivity contribution in [2.24, 2.45) is 5.92 Å². The van der Waals surface area contributed by atoms with Gasteiger partial charge >= 0.3 is 0 Å². The molecule has 0 aliphatic heterocycles. The Morgan fingerprint density at radius 3 is 2.84 bits per heavy atom. The number of carbonyl (C=O) groups excluding carboxylic acids is 1. The van der Waals surface area contributed by atoms with Gasteiger partial charge in [0.2, 0.25) is 5.91 Å². The molecule has 1 aliphatic carbocycles. The van der Waals surface area contributed by atoms with Crippen molar-refractivity contribution < 1.29 is 9.90 Å². The number of carbonyl (C=O) groups is 1. The molecule has 2 rings (SSSR count). The summed E-state index contributed by atoms with van der Waals surface area (Å²) in [5, 5.41) is 15.3. The van der Waals surface area contributed by atoms with Gasteiger partial charge in [-0.2, -0.15) is 0 Å². The average Bonchev–Trinajstić information content (AvgIpc) is 2.90. The third kappa shape index (κ3) is 4.32. The van der Waals surface area contributed by atoms with E-state index >= 15 is 0 Å². The fourth-order valence-electron chi connectivity index (χ4n) is 2.70. The average molecular weight is 281 g/mol. The van der Waals surface area contributed by atoms with Crippen LogP contribution in [0.4, 0.5) is 0 Å². The molecule has 1 heterocycles. The van der Waals surface area contributed by atoms with Crippen LogP contribution in [-0.2, 0) is 11.2 Å². The number of hydrogen-bond donors (Lipinski definition) is 2. The molecular formula is C15H23NO2S. The lowest BCUT2D eigenvalue weighted by Crippen LogP contribution is -2.45. The Bertz CT molecular complexity index is 394. The Labute approximate surface area is 119 Å². The Balaban J connectivity index is 1.74. The molecule has 0 spiro atoms. The van der Waals surface area contributed by atoms with Crippen LogP contribution in [0.3, 0.4) is 0 Å². The van der Waals surface area contributed by atoms with Crippen LogP contribution < -0.4 is 5.32 Å². The van der Waals surface area contributed by atoms with E-state index in [2.05, 4.69) is 12.2 Å². The summed E-state index contributed by atoms with van der Waals surface area (Å²) in [7, 11) is 0. The minimum absolute atomic E-state index is 0.00786. The van der Waals surface area contributed by atoms with Gasteiger partial charge in [-0.3, -0.25) is 4.79 Å². The van der Waals surface area contributed by atoms with E-state index in [4.69, 9.17) is 0 Å². The van der Waals surface area contributed by atoms with E-state index < -0.39 is 5.60 Å². The zero-order valence-corrected chi connectivity index (χ0v) is 12.3. The molecule has 0 bridgehead atoms. The maximum Gasteiger partial charge on any atom is 0.225 e. The fourth-order valence-corrected chi connectivity index (χ4v) is 3.40. The molecule has 1 fully saturated rings. The first kappa shape index (κ1) is 14.5. The fraction of sp³-hybridized carbons (Fsp3) is 0.667. The van der Waals surface area contributed by atoms with E-state index in [1.54, 1.807) is 11.3 Å². The molecule has 4 heteroatoms. The molecule has 1 aliphatic rings. The molecule has 0 saturated heterocycles. The SMILES string of the molecule is CCC1CCC(O)(CNC(=O)Cc2cccs2)CC1. The van der Waals surface area contributed by atoms with E-state index in [-0.39, 0.29) is 5.91 Å². The molecule has 1 amide bonds. The van der Waals surface area contributed by atoms with Crippen molar-refractivity contribution in [2.75, 3.05) is 6.54 Å². The summed E-state index contributed by atoms with van der Waals surface area (Å²) in [6.07, 6.45) is 5.39. The van der Waals surface area contributed by atoms with Crippen molar-refractivity contribution in [1.82, 2.24) is 5.32 Å². The lowest BCUT2D eigenvalue weighted by molar-refractivity contribution is -0.122. The van der Waals surface area contributed by atoms with E-state index in [9.17, 15) is 9.90 Å². The van der Waals surface area contributed by atoms with Crippen molar-refractivity contribution in [1.29, 1.82) is 0 Å². The standard InChI is InChI=1S/C15H23NO2S/c1-2-12-5-7-15(18,8-6-12)11-16-14(17)10-13-4-3-9-19-13/h3-4,9,12,18H,2,5-8,10-11H2,1H3,(H,16,17). The summed E-state index contributed by atoms with van der Waals surface area (Å²) >= 11 is 1.59. The van der Waals surface area contributed by atoms with Crippen molar-refractivity contribution >= 4 is 17.2 Å². The third-order valence-electron chi connectivity index (χ3n) is 4.14. The van der Waals surface area contributed by atoms with Crippen molar-refractivity contribution in [2.45, 2.75) is 51.0 Å². The normalized spacial score (nSPS) is 27.2. The van der Waals surface area contributed by atoms with Gasteiger partial charge in [0, 0.05) is 11.4 Å². The van der Waals surface area contributed by atoms with E-state index in [0.717, 1.165) is 36.5 Å². The third-order valence-corrected chi connectivity index (χ3v) is 5.02. The number of aliphatic hydroxyl groups is 1. The van der Waals surface area contributed by atoms with Gasteiger partial charge in [0.25, 0.3) is 0 Å². The largest absolute Gasteiger partial charge is 0.388 e. The zero-order chi connectivity index (χ0) is 13.7. The molecule has 0 atom stereocenters. The Morgan fingerprint density at radius 2 is 2.26 bits per heavy atom. The molecule has 1 saturated carbocycles. The highest BCUT2D eigenvalue weighted by molar-refractivity contribution is 7.10. The van der Waals surface area contributed by atoms with Gasteiger partial charge in [-0.15, -0.1) is 11.3 Å². The maximum atomic E-state index is 11.8. The van der Waals surface area contributed by atoms with Gasteiger partial charge in [-0.05, 0) is 43.0 Å². The van der Waals surface area contributed by atoms with Crippen LogP contribution in [0, 0.1) is 5.92 Å². The summed E-state index contributed by atoms with van der Waals surface area (Å²) in [6, 6.07) is 3.91. The van der Waals surface area contributed by atoms with Crippen LogP contribution in [0.2, 0.25) is 0 Å². The van der Waals surface area contributed by atoms with E-state index in [1.165, 1.54) is 6.42 Å². The first-order chi connectivity index (χ1) is 9.11. The second-order valence-electron chi connectivity index (χ2n) is 5.61. The van der Waals surface area contributed by atoms with Gasteiger partial charge in [0.15, 0.2) is 0 Å². The first-order valence-electron chi connectivity index (χ1n) is 7.13. The van der Waals surface area contributed by atoms with Gasteiger partial charge in [-0.25, -0.2) is 0 Å². The summed E-state index contributed by atoms with van der Waals surface area (Å²) in [5.41, 5.74) is -0.684. The van der Waals surface area contributed by atoms with Crippen molar-refractivity contribution in [3.8, 4) is 0 Å². The molecule has 1 aromatic heterocycles. The zero-order valence-electron chi connectivity index (χ0n) is 11.5. The lowest BCUT2D eigenvalue weighted by Gasteiger charge is -2.35. The highest BCUT2D eigenvalue weighted by atomic mass is 32.1. The van der Waals surface area contributed by atoms with E-state index in [0.29, 0.717) is 13.0 Å². The monoisotopic (exact) mass is 281 g/mol. The number of thiophene rings is 1. The Hall–Kier alpha value is -0.870. The van der Waals surface area contributed by atoms with Gasteiger partial charge in [0.1, 0.15) is 0 Å². The van der Waals surface area contributed by atoms with Crippen molar-refractivity contribution in [3.05, 3.63) is 22.4 Å². The molecule has 1 aromatic rings. The summed E-state index contributed by atoms with van der Waals surface area (Å²) < 4.78 is 0. The molecule has 0 aromatic carbocycles. The number of hydrogen-bond acceptors (Lipinski definition) is 3. The topological polar surface area (TPSA) is 49.3 Å². The molecule has 3 nitrogen and oxygen atoms in total. The first-order valence-corrected chi connectivity index (χ1v) is 8.01. The predicted molar refractivity (Wildman–Crippen MR) is 78.2 cm³/mol. The molecule has 19 heavy (non-hydrogen) atoms. The highest BCUT2D eigenvalue weighted by Gasteiger charge is 2.32. The predicted octanol–water partition coefficient (Wildman–Crippen LogP) is 2.74. The quantitative estimate of drug-likeness (QED) is 0.872. The van der Waals surface area contributed by atoms with Gasteiger partial charge in [0.05, 0.1) is 12.0 Å². The molecule has 0 unspecified atom stereocenters. The summed E-state index contributed by atoms with van der Waals surface area (Å²) in [4.78, 5) is 12.9. The highest BCUT2D eigenvalue weighted by Crippen LogP contribution is 2.33. The van der Waals surface area contributed by atoms with Crippen LogP contribution in [0.1, 0.15) is 43.9 Å². The van der Waals surface area contributed by atoms with Crippen LogP contribution in [-0.4, -0.2) is 23.2 Å². The minimum atomic E-state index is -0.684. The van der Waals surface area contributed by atoms with Crippen LogP contribution in [0.5, 0.6) is 0 Å².